The molecule has 0 aliphatic carbocycles. The van der Waals surface area contributed by atoms with Crippen molar-refractivity contribution < 1.29 is 9.00 Å². The number of hydrogen-bond acceptors (Lipinski definition) is 3. The summed E-state index contributed by atoms with van der Waals surface area (Å²) in [4.78, 5) is 12.4. The summed E-state index contributed by atoms with van der Waals surface area (Å²) in [5.74, 6) is 0.190. The Kier molecular flexibility index (Phi) is 8.00. The Balaban J connectivity index is 0.00000338. The molecule has 6 heteroatoms. The van der Waals surface area contributed by atoms with Gasteiger partial charge in [-0.2, -0.15) is 0 Å². The van der Waals surface area contributed by atoms with E-state index in [-0.39, 0.29) is 23.1 Å². The normalized spacial score (nSPS) is 13.4. The van der Waals surface area contributed by atoms with E-state index in [1.807, 2.05) is 76.2 Å². The molecule has 2 rings (SSSR count). The van der Waals surface area contributed by atoms with Gasteiger partial charge in [-0.3, -0.25) is 9.00 Å². The van der Waals surface area contributed by atoms with E-state index in [4.69, 9.17) is 5.73 Å². The van der Waals surface area contributed by atoms with Crippen molar-refractivity contribution in [2.45, 2.75) is 44.2 Å². The number of aryl methyl sites for hydroxylation is 1. The predicted octanol–water partition coefficient (Wildman–Crippen LogP) is 4.10. The van der Waals surface area contributed by atoms with Crippen LogP contribution in [0.4, 0.5) is 5.69 Å². The van der Waals surface area contributed by atoms with Crippen molar-refractivity contribution in [1.29, 1.82) is 0 Å². The zero-order valence-electron chi connectivity index (χ0n) is 15.6. The summed E-state index contributed by atoms with van der Waals surface area (Å²) in [7, 11) is -0.987. The van der Waals surface area contributed by atoms with Gasteiger partial charge in [-0.15, -0.1) is 12.4 Å². The number of rotatable bonds is 5. The third kappa shape index (κ3) is 6.24. The molecule has 26 heavy (non-hydrogen) atoms. The number of amides is 1. The number of benzene rings is 2. The van der Waals surface area contributed by atoms with Crippen molar-refractivity contribution in [3.8, 4) is 0 Å². The number of hydrogen-bond donors (Lipinski definition) is 2. The lowest BCUT2D eigenvalue weighted by Crippen LogP contribution is -2.27. The van der Waals surface area contributed by atoms with E-state index < -0.39 is 16.8 Å². The third-order valence-electron chi connectivity index (χ3n) is 3.89. The molecule has 3 N–H and O–H groups in total. The molecule has 4 nitrogen and oxygen atoms in total. The van der Waals surface area contributed by atoms with Gasteiger partial charge in [0.1, 0.15) is 6.04 Å². The van der Waals surface area contributed by atoms with Crippen LogP contribution in [-0.2, 0) is 21.3 Å². The molecule has 2 aromatic carbocycles. The summed E-state index contributed by atoms with van der Waals surface area (Å²) >= 11 is 0. The van der Waals surface area contributed by atoms with E-state index in [2.05, 4.69) is 5.32 Å². The molecule has 1 amide bonds. The molecule has 2 aromatic rings. The molecule has 142 valence electrons. The lowest BCUT2D eigenvalue weighted by Gasteiger charge is -2.18. The molecular formula is C20H27ClN2O2S. The van der Waals surface area contributed by atoms with Crippen LogP contribution in [-0.4, -0.2) is 14.9 Å². The summed E-state index contributed by atoms with van der Waals surface area (Å²) in [6, 6.07) is 14.3. The zero-order valence-corrected chi connectivity index (χ0v) is 17.2. The van der Waals surface area contributed by atoms with Gasteiger partial charge < -0.3 is 11.1 Å². The largest absolute Gasteiger partial charge is 0.324 e. The Labute approximate surface area is 164 Å². The highest BCUT2D eigenvalue weighted by Gasteiger charge is 2.20. The topological polar surface area (TPSA) is 72.2 Å². The molecule has 0 saturated heterocycles. The second-order valence-corrected chi connectivity index (χ2v) is 9.38. The van der Waals surface area contributed by atoms with Crippen LogP contribution in [0.15, 0.2) is 48.5 Å². The molecular weight excluding hydrogens is 368 g/mol. The monoisotopic (exact) mass is 394 g/mol. The zero-order chi connectivity index (χ0) is 18.6. The summed E-state index contributed by atoms with van der Waals surface area (Å²) < 4.78 is 12.0. The summed E-state index contributed by atoms with van der Waals surface area (Å²) in [5.41, 5.74) is 9.53. The van der Waals surface area contributed by atoms with Gasteiger partial charge in [0, 0.05) is 27.0 Å². The fourth-order valence-electron chi connectivity index (χ4n) is 2.25. The SMILES string of the molecule is Cc1ccc(C(N)C(=O)Nc2cccc(CS(=O)C(C)(C)C)c2)cc1.Cl. The van der Waals surface area contributed by atoms with Gasteiger partial charge in [-0.25, -0.2) is 0 Å². The van der Waals surface area contributed by atoms with Crippen molar-refractivity contribution in [2.75, 3.05) is 5.32 Å². The number of nitrogens with two attached hydrogens (primary N) is 1. The number of carbonyl (C=O) groups excluding carboxylic acids is 1. The Morgan fingerprint density at radius 3 is 2.35 bits per heavy atom. The molecule has 0 heterocycles. The van der Waals surface area contributed by atoms with E-state index in [1.165, 1.54) is 0 Å². The average molecular weight is 395 g/mol. The maximum absolute atomic E-state index is 12.4. The lowest BCUT2D eigenvalue weighted by molar-refractivity contribution is -0.117. The van der Waals surface area contributed by atoms with Crippen LogP contribution >= 0.6 is 12.4 Å². The van der Waals surface area contributed by atoms with Crippen LogP contribution in [0.3, 0.4) is 0 Å². The lowest BCUT2D eigenvalue weighted by atomic mass is 10.1. The molecule has 0 aliphatic heterocycles. The van der Waals surface area contributed by atoms with Gasteiger partial charge in [0.15, 0.2) is 0 Å². The standard InChI is InChI=1S/C20H26N2O2S.ClH/c1-14-8-10-16(11-9-14)18(21)19(23)22-17-7-5-6-15(12-17)13-25(24)20(2,3)4;/h5-12,18H,13,21H2,1-4H3,(H,22,23);1H. The van der Waals surface area contributed by atoms with Gasteiger partial charge in [0.2, 0.25) is 5.91 Å². The van der Waals surface area contributed by atoms with Gasteiger partial charge in [0.25, 0.3) is 0 Å². The van der Waals surface area contributed by atoms with E-state index in [0.717, 1.165) is 16.7 Å². The number of carbonyl (C=O) groups is 1. The number of halogens is 1. The summed E-state index contributed by atoms with van der Waals surface area (Å²) in [6.07, 6.45) is 0. The number of nitrogens with one attached hydrogen (secondary N) is 1. The maximum Gasteiger partial charge on any atom is 0.245 e. The first-order chi connectivity index (χ1) is 11.7. The van der Waals surface area contributed by atoms with Crippen LogP contribution in [0.5, 0.6) is 0 Å². The second kappa shape index (κ2) is 9.31. The molecule has 0 aliphatic rings. The highest BCUT2D eigenvalue weighted by Crippen LogP contribution is 2.20. The second-order valence-electron chi connectivity index (χ2n) is 7.18. The van der Waals surface area contributed by atoms with Crippen LogP contribution < -0.4 is 11.1 Å². The van der Waals surface area contributed by atoms with Crippen LogP contribution in [0, 0.1) is 6.92 Å². The molecule has 0 radical (unpaired) electrons. The van der Waals surface area contributed by atoms with Gasteiger partial charge >= 0.3 is 0 Å². The minimum absolute atomic E-state index is 0. The van der Waals surface area contributed by atoms with Crippen LogP contribution in [0.25, 0.3) is 0 Å². The van der Waals surface area contributed by atoms with Crippen LogP contribution in [0.2, 0.25) is 0 Å². The van der Waals surface area contributed by atoms with Crippen molar-refractivity contribution in [3.05, 3.63) is 65.2 Å². The maximum atomic E-state index is 12.4. The van der Waals surface area contributed by atoms with E-state index >= 15 is 0 Å². The minimum Gasteiger partial charge on any atom is -0.324 e. The van der Waals surface area contributed by atoms with Crippen molar-refractivity contribution >= 4 is 34.8 Å². The third-order valence-corrected chi connectivity index (χ3v) is 5.86. The quantitative estimate of drug-likeness (QED) is 0.801. The Hall–Kier alpha value is -1.69. The van der Waals surface area contributed by atoms with Crippen LogP contribution in [0.1, 0.15) is 43.5 Å². The van der Waals surface area contributed by atoms with E-state index in [0.29, 0.717) is 11.4 Å². The molecule has 0 aromatic heterocycles. The van der Waals surface area contributed by atoms with Crippen molar-refractivity contribution in [3.63, 3.8) is 0 Å². The predicted molar refractivity (Wildman–Crippen MR) is 112 cm³/mol. The van der Waals surface area contributed by atoms with E-state index in [9.17, 15) is 9.00 Å². The number of anilines is 1. The highest BCUT2D eigenvalue weighted by molar-refractivity contribution is 7.85. The first kappa shape index (κ1) is 22.4. The summed E-state index contributed by atoms with van der Waals surface area (Å²) in [6.45, 7) is 7.85. The molecule has 2 unspecified atom stereocenters. The Morgan fingerprint density at radius 2 is 1.77 bits per heavy atom. The van der Waals surface area contributed by atoms with E-state index in [1.54, 1.807) is 0 Å². The minimum atomic E-state index is -0.987. The highest BCUT2D eigenvalue weighted by atomic mass is 35.5. The van der Waals surface area contributed by atoms with Crippen molar-refractivity contribution in [2.24, 2.45) is 5.73 Å². The molecule has 0 fully saturated rings. The Morgan fingerprint density at radius 1 is 1.15 bits per heavy atom. The van der Waals surface area contributed by atoms with Gasteiger partial charge in [0.05, 0.1) is 0 Å². The first-order valence-corrected chi connectivity index (χ1v) is 9.59. The molecule has 0 saturated carbocycles. The smallest absolute Gasteiger partial charge is 0.245 e. The first-order valence-electron chi connectivity index (χ1n) is 8.27. The molecule has 0 bridgehead atoms. The van der Waals surface area contributed by atoms with Gasteiger partial charge in [-0.05, 0) is 51.0 Å². The van der Waals surface area contributed by atoms with Crippen molar-refractivity contribution in [1.82, 2.24) is 0 Å². The molecule has 0 spiro atoms. The molecule has 2 atom stereocenters. The fraction of sp³-hybridized carbons (Fsp3) is 0.350. The van der Waals surface area contributed by atoms with Gasteiger partial charge in [-0.1, -0.05) is 42.0 Å². The summed E-state index contributed by atoms with van der Waals surface area (Å²) in [5, 5.41) is 2.84. The average Bonchev–Trinajstić information content (AvgIpc) is 2.54. The fourth-order valence-corrected chi connectivity index (χ4v) is 3.17. The Bertz CT molecular complexity index is 770.